The van der Waals surface area contributed by atoms with Crippen LogP contribution in [0.3, 0.4) is 0 Å². The van der Waals surface area contributed by atoms with Crippen LogP contribution in [-0.2, 0) is 0 Å². The van der Waals surface area contributed by atoms with Gasteiger partial charge in [-0.1, -0.05) is 0 Å². The van der Waals surface area contributed by atoms with E-state index in [-0.39, 0.29) is 158 Å². The molecule has 0 saturated heterocycles. The molecule has 4 heavy (non-hydrogen) atoms. The van der Waals surface area contributed by atoms with Crippen molar-refractivity contribution in [2.24, 2.45) is 0 Å². The van der Waals surface area contributed by atoms with Gasteiger partial charge < -0.3 is 0 Å². The number of rotatable bonds is 0. The summed E-state index contributed by atoms with van der Waals surface area (Å²) in [7, 11) is 0. The Bertz CT molecular complexity index is 8.00. The van der Waals surface area contributed by atoms with E-state index in [0.717, 1.165) is 0 Å². The Morgan fingerprint density at radius 1 is 1.00 bits per heavy atom. The van der Waals surface area contributed by atoms with Crippen molar-refractivity contribution in [1.29, 1.82) is 0 Å². The molecule has 0 aromatic rings. The second-order valence-electron chi connectivity index (χ2n) is 0. The van der Waals surface area contributed by atoms with E-state index in [1.165, 1.54) is 0 Å². The maximum absolute atomic E-state index is 0. The Labute approximate surface area is 152 Å². The first-order chi connectivity index (χ1) is 0. The summed E-state index contributed by atoms with van der Waals surface area (Å²) in [6.45, 7) is 0. The van der Waals surface area contributed by atoms with Crippen molar-refractivity contribution in [3.8, 4) is 0 Å². The first kappa shape index (κ1) is 23.0. The topological polar surface area (TPSA) is 0 Å². The normalized spacial score (nSPS) is 0. The molecule has 0 spiro atoms. The Balaban J connectivity index is 0. The van der Waals surface area contributed by atoms with Crippen LogP contribution in [0.15, 0.2) is 0 Å². The summed E-state index contributed by atoms with van der Waals surface area (Å²) in [6.07, 6.45) is 0. The molecular weight excluding hydrogens is 154 g/mol. The molecule has 0 saturated carbocycles. The van der Waals surface area contributed by atoms with Crippen molar-refractivity contribution in [2.45, 2.75) is 0 Å². The summed E-state index contributed by atoms with van der Waals surface area (Å²) < 4.78 is 0. The zero-order valence-corrected chi connectivity index (χ0v) is 14.0. The van der Waals surface area contributed by atoms with E-state index in [1.807, 2.05) is 0 Å². The molecule has 0 rings (SSSR count). The van der Waals surface area contributed by atoms with Gasteiger partial charge in [-0.05, 0) is 0 Å². The molecule has 0 unspecified atom stereocenters. The summed E-state index contributed by atoms with van der Waals surface area (Å²) in [5.74, 6) is 0. The molecule has 4 heteroatoms. The average Bonchev–Trinajstić information content (AvgIpc) is 0. The minimum absolute atomic E-state index is 0. The molecule has 0 N–H and O–H groups in total. The zero-order valence-electron chi connectivity index (χ0n) is 4.00. The quantitative estimate of drug-likeness (QED) is 0.372. The third-order valence-electron chi connectivity index (χ3n) is 0. The molecule has 4 radical (unpaired) electrons. The third-order valence-corrected chi connectivity index (χ3v) is 0. The van der Waals surface area contributed by atoms with Crippen molar-refractivity contribution >= 4 is 158 Å². The van der Waals surface area contributed by atoms with Crippen molar-refractivity contribution in [2.75, 3.05) is 0 Å². The van der Waals surface area contributed by atoms with Crippen molar-refractivity contribution in [1.82, 2.24) is 0 Å². The smallest absolute Gasteiger partial charge is 0 e. The van der Waals surface area contributed by atoms with Gasteiger partial charge in [0.05, 0.1) is 0 Å². The summed E-state index contributed by atoms with van der Waals surface area (Å²) in [5, 5.41) is 0. The van der Waals surface area contributed by atoms with Crippen LogP contribution < -0.4 is 0 Å². The molecule has 0 bridgehead atoms. The molecule has 0 aliphatic carbocycles. The fraction of sp³-hybridized carbons (Fsp3) is 0. The van der Waals surface area contributed by atoms with Crippen LogP contribution in [-0.4, -0.2) is 158 Å². The molecule has 0 heterocycles. The second-order valence-corrected chi connectivity index (χ2v) is 0. The van der Waals surface area contributed by atoms with Gasteiger partial charge in [-0.15, -0.1) is 0 Å². The Morgan fingerprint density at radius 2 is 1.00 bits per heavy atom. The largest absolute Gasteiger partial charge is 0 e. The zero-order chi connectivity index (χ0) is 0. The van der Waals surface area contributed by atoms with Gasteiger partial charge in [0.1, 0.15) is 0 Å². The van der Waals surface area contributed by atoms with Gasteiger partial charge in [-0.2, -0.15) is 0 Å². The van der Waals surface area contributed by atoms with Crippen LogP contribution in [0.1, 0.15) is 0 Å². The molecule has 0 nitrogen and oxygen atoms in total. The molecule has 0 amide bonds. The maximum Gasteiger partial charge on any atom is 0 e. The van der Waals surface area contributed by atoms with Gasteiger partial charge in [-0.3, -0.25) is 0 Å². The second kappa shape index (κ2) is 15.7. The maximum atomic E-state index is 0. The molecule has 0 fully saturated rings. The monoisotopic (exact) mass is 154 g/mol. The van der Waals surface area contributed by atoms with E-state index in [9.17, 15) is 0 Å². The Kier molecular flexibility index (Phi) is 90.2. The van der Waals surface area contributed by atoms with Gasteiger partial charge in [0.25, 0.3) is 0 Å². The van der Waals surface area contributed by atoms with E-state index in [1.54, 1.807) is 0 Å². The third kappa shape index (κ3) is 10.1. The fourth-order valence-electron chi connectivity index (χ4n) is 0. The summed E-state index contributed by atoms with van der Waals surface area (Å²) in [6, 6.07) is 0. The van der Waals surface area contributed by atoms with Gasteiger partial charge >= 0.3 is 0 Å². The van der Waals surface area contributed by atoms with Gasteiger partial charge in [0.15, 0.2) is 0 Å². The summed E-state index contributed by atoms with van der Waals surface area (Å²) >= 11 is 0. The van der Waals surface area contributed by atoms with E-state index in [2.05, 4.69) is 0 Å². The Hall–Kier alpha value is 5.04. The Morgan fingerprint density at radius 3 is 1.00 bits per heavy atom. The van der Waals surface area contributed by atoms with Crippen molar-refractivity contribution in [3.05, 3.63) is 0 Å². The minimum Gasteiger partial charge on any atom is 0 e. The van der Waals surface area contributed by atoms with Gasteiger partial charge in [0, 0.05) is 158 Å². The average molecular weight is 154 g/mol. The van der Waals surface area contributed by atoms with Crippen molar-refractivity contribution < 1.29 is 0 Å². The molecule has 0 aromatic carbocycles. The van der Waals surface area contributed by atoms with E-state index in [4.69, 9.17) is 0 Å². The molecule has 0 aliphatic heterocycles. The first-order valence-electron chi connectivity index (χ1n) is 0. The predicted molar refractivity (Wildman–Crippen MR) is 23.0 cm³/mol. The van der Waals surface area contributed by atoms with Crippen LogP contribution in [0.25, 0.3) is 0 Å². The van der Waals surface area contributed by atoms with Crippen LogP contribution in [0.2, 0.25) is 0 Å². The molecule has 0 aromatic heterocycles. The standard InChI is InChI=1S/K.Li.Na.Rb. The first-order valence-corrected chi connectivity index (χ1v) is 0. The van der Waals surface area contributed by atoms with Crippen LogP contribution in [0.5, 0.6) is 0 Å². The molecule has 4 valence electrons. The van der Waals surface area contributed by atoms with E-state index in [0.29, 0.717) is 0 Å². The fourth-order valence-corrected chi connectivity index (χ4v) is 0. The SMILES string of the molecule is [K].[Li].[Na].[Rb]. The van der Waals surface area contributed by atoms with E-state index < -0.39 is 0 Å². The molecular formula is KLiNaRb. The number of hydrogen-bond acceptors (Lipinski definition) is 0. The number of hydrogen-bond donors (Lipinski definition) is 0. The van der Waals surface area contributed by atoms with E-state index >= 15 is 0 Å². The van der Waals surface area contributed by atoms with Gasteiger partial charge in [-0.25, -0.2) is 0 Å². The summed E-state index contributed by atoms with van der Waals surface area (Å²) in [5.41, 5.74) is 0. The van der Waals surface area contributed by atoms with Gasteiger partial charge in [0.2, 0.25) is 0 Å². The van der Waals surface area contributed by atoms with Crippen LogP contribution in [0, 0.1) is 0 Å². The molecule has 0 aliphatic rings. The van der Waals surface area contributed by atoms with Crippen LogP contribution >= 0.6 is 0 Å². The van der Waals surface area contributed by atoms with Crippen molar-refractivity contribution in [3.63, 3.8) is 0 Å². The van der Waals surface area contributed by atoms with Crippen LogP contribution in [0.4, 0.5) is 0 Å². The molecule has 0 atom stereocenters. The minimum atomic E-state index is 0. The summed E-state index contributed by atoms with van der Waals surface area (Å²) in [4.78, 5) is 0. The predicted octanol–water partition coefficient (Wildman–Crippen LogP) is -1.52.